The molecule has 2 heterocycles. The number of sulfonamides is 1. The van der Waals surface area contributed by atoms with E-state index < -0.39 is 10.0 Å². The lowest BCUT2D eigenvalue weighted by atomic mass is 10.4. The summed E-state index contributed by atoms with van der Waals surface area (Å²) in [6, 6.07) is 3.10. The normalized spacial score (nSPS) is 11.6. The van der Waals surface area contributed by atoms with Gasteiger partial charge in [-0.2, -0.15) is 8.42 Å². The lowest BCUT2D eigenvalue weighted by Gasteiger charge is -2.02. The molecule has 2 N–H and O–H groups in total. The number of anilines is 1. The topological polar surface area (TPSA) is 84.2 Å². The first-order valence-electron chi connectivity index (χ1n) is 5.83. The zero-order chi connectivity index (χ0) is 13.7. The van der Waals surface area contributed by atoms with Crippen LogP contribution in [-0.4, -0.2) is 19.9 Å². The third-order valence-electron chi connectivity index (χ3n) is 2.28. The van der Waals surface area contributed by atoms with Crippen molar-refractivity contribution in [2.75, 3.05) is 11.3 Å². The molecule has 0 bridgehead atoms. The quantitative estimate of drug-likeness (QED) is 0.765. The third-order valence-corrected chi connectivity index (χ3v) is 4.31. The molecule has 2 aromatic heterocycles. The number of hydrogen-bond acceptors (Lipinski definition) is 6. The molecule has 2 aromatic rings. The van der Waals surface area contributed by atoms with E-state index in [4.69, 9.17) is 4.42 Å². The summed E-state index contributed by atoms with van der Waals surface area (Å²) in [5, 5.41) is 5.06. The number of hydrogen-bond donors (Lipinski definition) is 2. The first-order chi connectivity index (χ1) is 9.12. The van der Waals surface area contributed by atoms with Crippen LogP contribution in [0.4, 0.5) is 5.13 Å². The van der Waals surface area contributed by atoms with Crippen LogP contribution in [0.25, 0.3) is 0 Å². The van der Waals surface area contributed by atoms with Gasteiger partial charge in [-0.1, -0.05) is 6.92 Å². The Balaban J connectivity index is 2.04. The van der Waals surface area contributed by atoms with Gasteiger partial charge in [0.1, 0.15) is 5.76 Å². The summed E-state index contributed by atoms with van der Waals surface area (Å²) in [6.07, 6.45) is 2.54. The highest BCUT2D eigenvalue weighted by atomic mass is 32.2. The second-order valence-corrected chi connectivity index (χ2v) is 6.35. The molecule has 8 heteroatoms. The van der Waals surface area contributed by atoms with E-state index in [9.17, 15) is 8.42 Å². The Labute approximate surface area is 115 Å². The largest absolute Gasteiger partial charge is 0.446 e. The van der Waals surface area contributed by atoms with Crippen LogP contribution in [0.15, 0.2) is 33.2 Å². The van der Waals surface area contributed by atoms with Crippen molar-refractivity contribution in [3.63, 3.8) is 0 Å². The van der Waals surface area contributed by atoms with Crippen LogP contribution in [0, 0.1) is 0 Å². The van der Waals surface area contributed by atoms with Crippen LogP contribution in [0.2, 0.25) is 0 Å². The second kappa shape index (κ2) is 6.18. The van der Waals surface area contributed by atoms with Crippen LogP contribution in [0.5, 0.6) is 0 Å². The van der Waals surface area contributed by atoms with Crippen molar-refractivity contribution in [3.8, 4) is 0 Å². The highest BCUT2D eigenvalue weighted by Crippen LogP contribution is 2.19. The Bertz CT molecular complexity index is 605. The Morgan fingerprint density at radius 2 is 2.26 bits per heavy atom. The SMILES string of the molecule is CCCNCc1ccc(S(=O)(=O)Nc2nccs2)o1. The second-order valence-electron chi connectivity index (χ2n) is 3.84. The van der Waals surface area contributed by atoms with Gasteiger partial charge in [0.2, 0.25) is 5.09 Å². The summed E-state index contributed by atoms with van der Waals surface area (Å²) in [5.74, 6) is 0.591. The molecular weight excluding hydrogens is 286 g/mol. The fourth-order valence-corrected chi connectivity index (χ4v) is 3.17. The number of rotatable bonds is 7. The fraction of sp³-hybridized carbons (Fsp3) is 0.364. The zero-order valence-corrected chi connectivity index (χ0v) is 12.1. The molecule has 0 aliphatic carbocycles. The molecule has 0 atom stereocenters. The van der Waals surface area contributed by atoms with Gasteiger partial charge in [-0.25, -0.2) is 4.98 Å². The zero-order valence-electron chi connectivity index (χ0n) is 10.4. The molecule has 6 nitrogen and oxygen atoms in total. The molecule has 0 unspecified atom stereocenters. The van der Waals surface area contributed by atoms with Gasteiger partial charge in [-0.15, -0.1) is 11.3 Å². The Hall–Kier alpha value is -1.38. The van der Waals surface area contributed by atoms with Gasteiger partial charge < -0.3 is 9.73 Å². The van der Waals surface area contributed by atoms with Crippen LogP contribution in [0.1, 0.15) is 19.1 Å². The van der Waals surface area contributed by atoms with E-state index in [0.717, 1.165) is 13.0 Å². The summed E-state index contributed by atoms with van der Waals surface area (Å²) in [6.45, 7) is 3.43. The molecule has 0 saturated carbocycles. The maximum Gasteiger partial charge on any atom is 0.297 e. The highest BCUT2D eigenvalue weighted by Gasteiger charge is 2.19. The first-order valence-corrected chi connectivity index (χ1v) is 8.20. The first kappa shape index (κ1) is 14.0. The van der Waals surface area contributed by atoms with Crippen molar-refractivity contribution in [1.29, 1.82) is 0 Å². The van der Waals surface area contributed by atoms with Crippen LogP contribution >= 0.6 is 11.3 Å². The minimum Gasteiger partial charge on any atom is -0.446 e. The molecule has 0 radical (unpaired) electrons. The van der Waals surface area contributed by atoms with Crippen molar-refractivity contribution >= 4 is 26.5 Å². The summed E-state index contributed by atoms with van der Waals surface area (Å²) < 4.78 is 31.6. The minimum atomic E-state index is -3.69. The predicted octanol–water partition coefficient (Wildman–Crippen LogP) is 2.04. The van der Waals surface area contributed by atoms with Crippen molar-refractivity contribution in [2.45, 2.75) is 25.0 Å². The van der Waals surface area contributed by atoms with E-state index in [1.54, 1.807) is 11.4 Å². The average Bonchev–Trinajstić information content (AvgIpc) is 3.00. The molecule has 0 aliphatic heterocycles. The molecule has 0 aliphatic rings. The Kier molecular flexibility index (Phi) is 4.56. The van der Waals surface area contributed by atoms with E-state index in [1.165, 1.54) is 23.6 Å². The van der Waals surface area contributed by atoms with E-state index in [0.29, 0.717) is 17.4 Å². The molecule has 104 valence electrons. The Morgan fingerprint density at radius 1 is 1.42 bits per heavy atom. The summed E-state index contributed by atoms with van der Waals surface area (Å²) in [4.78, 5) is 3.87. The summed E-state index contributed by atoms with van der Waals surface area (Å²) in [7, 11) is -3.69. The molecule has 0 spiro atoms. The van der Waals surface area contributed by atoms with Crippen LogP contribution in [0.3, 0.4) is 0 Å². The smallest absolute Gasteiger partial charge is 0.297 e. The van der Waals surface area contributed by atoms with Gasteiger partial charge in [-0.3, -0.25) is 4.72 Å². The van der Waals surface area contributed by atoms with Crippen molar-refractivity contribution in [1.82, 2.24) is 10.3 Å². The minimum absolute atomic E-state index is 0.101. The molecule has 0 saturated heterocycles. The maximum absolute atomic E-state index is 12.0. The van der Waals surface area contributed by atoms with Crippen molar-refractivity contribution in [3.05, 3.63) is 29.5 Å². The fourth-order valence-electron chi connectivity index (χ4n) is 1.43. The van der Waals surface area contributed by atoms with Crippen LogP contribution in [-0.2, 0) is 16.6 Å². The lowest BCUT2D eigenvalue weighted by molar-refractivity contribution is 0.403. The average molecular weight is 301 g/mol. The van der Waals surface area contributed by atoms with E-state index in [1.807, 2.05) is 0 Å². The number of aromatic nitrogens is 1. The van der Waals surface area contributed by atoms with Gasteiger partial charge in [0.25, 0.3) is 10.0 Å². The molecule has 0 aromatic carbocycles. The lowest BCUT2D eigenvalue weighted by Crippen LogP contribution is -2.13. The van der Waals surface area contributed by atoms with Gasteiger partial charge >= 0.3 is 0 Å². The number of nitrogens with one attached hydrogen (secondary N) is 2. The van der Waals surface area contributed by atoms with Gasteiger partial charge in [0.05, 0.1) is 6.54 Å². The number of nitrogens with zero attached hydrogens (tertiary/aromatic N) is 1. The molecule has 0 amide bonds. The standard InChI is InChI=1S/C11H15N3O3S2/c1-2-5-12-8-9-3-4-10(17-9)19(15,16)14-11-13-6-7-18-11/h3-4,6-7,12H,2,5,8H2,1H3,(H,13,14). The maximum atomic E-state index is 12.0. The van der Waals surface area contributed by atoms with Gasteiger partial charge in [-0.05, 0) is 25.1 Å². The van der Waals surface area contributed by atoms with E-state index in [-0.39, 0.29) is 5.09 Å². The van der Waals surface area contributed by atoms with Crippen molar-refractivity contribution in [2.24, 2.45) is 0 Å². The summed E-state index contributed by atoms with van der Waals surface area (Å²) in [5.41, 5.74) is 0. The summed E-state index contributed by atoms with van der Waals surface area (Å²) >= 11 is 1.21. The molecule has 2 rings (SSSR count). The van der Waals surface area contributed by atoms with E-state index in [2.05, 4.69) is 21.9 Å². The number of thiazole rings is 1. The predicted molar refractivity (Wildman–Crippen MR) is 73.6 cm³/mol. The number of furan rings is 1. The molecule has 0 fully saturated rings. The molecular formula is C11H15N3O3S2. The van der Waals surface area contributed by atoms with Crippen LogP contribution < -0.4 is 10.0 Å². The van der Waals surface area contributed by atoms with Gasteiger partial charge in [0.15, 0.2) is 5.13 Å². The van der Waals surface area contributed by atoms with E-state index >= 15 is 0 Å². The Morgan fingerprint density at radius 3 is 2.95 bits per heavy atom. The van der Waals surface area contributed by atoms with Gasteiger partial charge in [0, 0.05) is 11.6 Å². The van der Waals surface area contributed by atoms with Crippen molar-refractivity contribution < 1.29 is 12.8 Å². The third kappa shape index (κ3) is 3.79. The highest BCUT2D eigenvalue weighted by molar-refractivity contribution is 7.92. The monoisotopic (exact) mass is 301 g/mol. The molecule has 19 heavy (non-hydrogen) atoms.